The van der Waals surface area contributed by atoms with E-state index in [1.165, 1.54) is 18.2 Å². The first-order valence-corrected chi connectivity index (χ1v) is 10.5. The number of hydrogen-bond acceptors (Lipinski definition) is 3. The molecule has 3 aromatic carbocycles. The number of carbonyl (C=O) groups is 2. The lowest BCUT2D eigenvalue weighted by atomic mass is 10.1. The molecular formula is C26H23FN4O2. The van der Waals surface area contributed by atoms with Gasteiger partial charge in [0.05, 0.1) is 18.8 Å². The van der Waals surface area contributed by atoms with Crippen LogP contribution in [0.4, 0.5) is 4.39 Å². The number of benzene rings is 3. The summed E-state index contributed by atoms with van der Waals surface area (Å²) in [5, 5.41) is 10.1. The van der Waals surface area contributed by atoms with E-state index in [1.54, 1.807) is 0 Å². The van der Waals surface area contributed by atoms with Crippen molar-refractivity contribution in [3.63, 3.8) is 0 Å². The summed E-state index contributed by atoms with van der Waals surface area (Å²) in [5.41, 5.74) is 3.89. The van der Waals surface area contributed by atoms with E-state index in [0.717, 1.165) is 28.5 Å². The number of amides is 2. The smallest absolute Gasteiger partial charge is 0.251 e. The number of rotatable bonds is 8. The molecule has 0 saturated heterocycles. The Morgan fingerprint density at radius 3 is 2.33 bits per heavy atom. The second-order valence-electron chi connectivity index (χ2n) is 7.52. The van der Waals surface area contributed by atoms with Gasteiger partial charge in [-0.2, -0.15) is 5.10 Å². The summed E-state index contributed by atoms with van der Waals surface area (Å²) in [6.07, 6.45) is 1.92. The Morgan fingerprint density at radius 1 is 0.879 bits per heavy atom. The Bertz CT molecular complexity index is 1240. The van der Waals surface area contributed by atoms with E-state index in [4.69, 9.17) is 5.10 Å². The van der Waals surface area contributed by atoms with Gasteiger partial charge in [-0.25, -0.2) is 4.39 Å². The molecule has 2 N–H and O–H groups in total. The molecule has 166 valence electrons. The van der Waals surface area contributed by atoms with Crippen molar-refractivity contribution in [2.75, 3.05) is 6.54 Å². The first-order valence-electron chi connectivity index (χ1n) is 10.5. The Morgan fingerprint density at radius 2 is 1.61 bits per heavy atom. The van der Waals surface area contributed by atoms with Gasteiger partial charge in [0.2, 0.25) is 5.91 Å². The molecule has 0 aliphatic rings. The van der Waals surface area contributed by atoms with Crippen LogP contribution in [-0.2, 0) is 17.9 Å². The van der Waals surface area contributed by atoms with Gasteiger partial charge >= 0.3 is 0 Å². The summed E-state index contributed by atoms with van der Waals surface area (Å²) in [6.45, 7) is 0.653. The van der Waals surface area contributed by atoms with Gasteiger partial charge in [-0.3, -0.25) is 14.3 Å². The Labute approximate surface area is 191 Å². The largest absolute Gasteiger partial charge is 0.350 e. The number of nitrogens with zero attached hydrogens (tertiary/aromatic N) is 2. The van der Waals surface area contributed by atoms with Crippen molar-refractivity contribution in [3.05, 3.63) is 114 Å². The van der Waals surface area contributed by atoms with E-state index in [2.05, 4.69) is 10.6 Å². The molecule has 0 fully saturated rings. The lowest BCUT2D eigenvalue weighted by Gasteiger charge is -2.07. The maximum absolute atomic E-state index is 13.3. The fourth-order valence-corrected chi connectivity index (χ4v) is 3.43. The van der Waals surface area contributed by atoms with Crippen molar-refractivity contribution in [1.29, 1.82) is 0 Å². The third-order valence-corrected chi connectivity index (χ3v) is 5.04. The van der Waals surface area contributed by atoms with Gasteiger partial charge in [-0.05, 0) is 23.8 Å². The summed E-state index contributed by atoms with van der Waals surface area (Å²) in [7, 11) is 0. The van der Waals surface area contributed by atoms with Crippen LogP contribution in [0.15, 0.2) is 91.1 Å². The van der Waals surface area contributed by atoms with E-state index in [-0.39, 0.29) is 24.6 Å². The van der Waals surface area contributed by atoms with Gasteiger partial charge in [-0.1, -0.05) is 66.7 Å². The molecule has 7 heteroatoms. The Balaban J connectivity index is 1.42. The topological polar surface area (TPSA) is 76.0 Å². The van der Waals surface area contributed by atoms with Crippen LogP contribution in [0.3, 0.4) is 0 Å². The van der Waals surface area contributed by atoms with Crippen LogP contribution in [0.2, 0.25) is 0 Å². The zero-order chi connectivity index (χ0) is 23.0. The van der Waals surface area contributed by atoms with Crippen molar-refractivity contribution >= 4 is 11.8 Å². The third kappa shape index (κ3) is 5.92. The monoisotopic (exact) mass is 442 g/mol. The molecule has 0 bridgehead atoms. The van der Waals surface area contributed by atoms with Crippen molar-refractivity contribution < 1.29 is 14.0 Å². The van der Waals surface area contributed by atoms with E-state index in [0.29, 0.717) is 6.54 Å². The van der Waals surface area contributed by atoms with E-state index < -0.39 is 11.7 Å². The lowest BCUT2D eigenvalue weighted by molar-refractivity contribution is -0.120. The van der Waals surface area contributed by atoms with Crippen molar-refractivity contribution in [3.8, 4) is 11.3 Å². The van der Waals surface area contributed by atoms with Crippen LogP contribution in [0.5, 0.6) is 0 Å². The summed E-state index contributed by atoms with van der Waals surface area (Å²) >= 11 is 0. The van der Waals surface area contributed by atoms with E-state index >= 15 is 0 Å². The highest BCUT2D eigenvalue weighted by Gasteiger charge is 2.14. The molecule has 33 heavy (non-hydrogen) atoms. The standard InChI is InChI=1S/C26H23FN4O2/c27-23-13-7-12-21(14-23)26(33)29-16-24(32)28-15-22-18-31(17-19-8-3-1-4-9-19)30-25(22)20-10-5-2-6-11-20/h1-14,18H,15-17H2,(H,28,32)(H,29,33). The molecule has 1 heterocycles. The zero-order valence-electron chi connectivity index (χ0n) is 17.9. The van der Waals surface area contributed by atoms with Crippen LogP contribution >= 0.6 is 0 Å². The zero-order valence-corrected chi connectivity index (χ0v) is 17.9. The fraction of sp³-hybridized carbons (Fsp3) is 0.115. The van der Waals surface area contributed by atoms with Crippen LogP contribution < -0.4 is 10.6 Å². The molecule has 4 rings (SSSR count). The third-order valence-electron chi connectivity index (χ3n) is 5.04. The van der Waals surface area contributed by atoms with E-state index in [9.17, 15) is 14.0 Å². The Kier molecular flexibility index (Phi) is 6.90. The molecule has 0 unspecified atom stereocenters. The van der Waals surface area contributed by atoms with Gasteiger partial charge in [0.25, 0.3) is 5.91 Å². The molecule has 0 saturated carbocycles. The molecule has 0 aliphatic heterocycles. The second kappa shape index (κ2) is 10.4. The number of hydrogen-bond donors (Lipinski definition) is 2. The van der Waals surface area contributed by atoms with Gasteiger partial charge in [0, 0.05) is 29.4 Å². The fourth-order valence-electron chi connectivity index (χ4n) is 3.43. The highest BCUT2D eigenvalue weighted by atomic mass is 19.1. The predicted molar refractivity (Wildman–Crippen MR) is 124 cm³/mol. The minimum absolute atomic E-state index is 0.163. The summed E-state index contributed by atoms with van der Waals surface area (Å²) in [6, 6.07) is 25.1. The van der Waals surface area contributed by atoms with Crippen molar-refractivity contribution in [2.24, 2.45) is 0 Å². The van der Waals surface area contributed by atoms with Gasteiger partial charge < -0.3 is 10.6 Å². The van der Waals surface area contributed by atoms with Crippen LogP contribution in [0.1, 0.15) is 21.5 Å². The lowest BCUT2D eigenvalue weighted by Crippen LogP contribution is -2.36. The highest BCUT2D eigenvalue weighted by molar-refractivity contribution is 5.96. The quantitative estimate of drug-likeness (QED) is 0.436. The van der Waals surface area contributed by atoms with Gasteiger partial charge in [0.15, 0.2) is 0 Å². The van der Waals surface area contributed by atoms with Gasteiger partial charge in [-0.15, -0.1) is 0 Å². The average Bonchev–Trinajstić information content (AvgIpc) is 3.25. The molecule has 6 nitrogen and oxygen atoms in total. The first kappa shape index (κ1) is 22.0. The number of aromatic nitrogens is 2. The number of nitrogens with one attached hydrogen (secondary N) is 2. The minimum atomic E-state index is -0.509. The van der Waals surface area contributed by atoms with Crippen LogP contribution in [0.25, 0.3) is 11.3 Å². The Hall–Kier alpha value is -4.26. The maximum Gasteiger partial charge on any atom is 0.251 e. The molecule has 0 radical (unpaired) electrons. The van der Waals surface area contributed by atoms with E-state index in [1.807, 2.05) is 71.5 Å². The first-order chi connectivity index (χ1) is 16.1. The number of halogens is 1. The highest BCUT2D eigenvalue weighted by Crippen LogP contribution is 2.22. The maximum atomic E-state index is 13.3. The molecule has 1 aromatic heterocycles. The molecular weight excluding hydrogens is 419 g/mol. The van der Waals surface area contributed by atoms with Crippen molar-refractivity contribution in [2.45, 2.75) is 13.1 Å². The molecule has 2 amide bonds. The average molecular weight is 442 g/mol. The summed E-state index contributed by atoms with van der Waals surface area (Å²) in [4.78, 5) is 24.5. The molecule has 0 spiro atoms. The minimum Gasteiger partial charge on any atom is -0.350 e. The van der Waals surface area contributed by atoms with Crippen molar-refractivity contribution in [1.82, 2.24) is 20.4 Å². The molecule has 0 aliphatic carbocycles. The summed E-state index contributed by atoms with van der Waals surface area (Å²) in [5.74, 6) is -1.37. The molecule has 4 aromatic rings. The second-order valence-corrected chi connectivity index (χ2v) is 7.52. The summed E-state index contributed by atoms with van der Waals surface area (Å²) < 4.78 is 15.1. The SMILES string of the molecule is O=C(CNC(=O)c1cccc(F)c1)NCc1cn(Cc2ccccc2)nc1-c1ccccc1. The predicted octanol–water partition coefficient (Wildman–Crippen LogP) is 3.78. The number of carbonyl (C=O) groups excluding carboxylic acids is 2. The van der Waals surface area contributed by atoms with Crippen LogP contribution in [-0.4, -0.2) is 28.1 Å². The van der Waals surface area contributed by atoms with Gasteiger partial charge in [0.1, 0.15) is 5.82 Å². The normalized spacial score (nSPS) is 10.6. The molecule has 0 atom stereocenters. The van der Waals surface area contributed by atoms with Crippen LogP contribution in [0, 0.1) is 5.82 Å².